The Kier molecular flexibility index (Phi) is 7.72. The number of nitrogen functional groups attached to an aromatic ring is 1. The fourth-order valence-electron chi connectivity index (χ4n) is 4.31. The number of fused-ring (bicyclic) bond motifs is 2. The number of phosphoric acid groups is 2. The molecule has 11 atom stereocenters. The number of hydrogen-bond acceptors (Lipinski definition) is 16. The van der Waals surface area contributed by atoms with E-state index in [2.05, 4.69) is 23.8 Å². The number of imidazole rings is 1. The van der Waals surface area contributed by atoms with Crippen LogP contribution in [0.25, 0.3) is 11.2 Å². The third-order valence-corrected chi connectivity index (χ3v) is 8.77. The van der Waals surface area contributed by atoms with E-state index in [9.17, 15) is 39.0 Å². The van der Waals surface area contributed by atoms with Crippen molar-refractivity contribution in [1.29, 1.82) is 0 Å². The molecule has 0 bridgehead atoms. The van der Waals surface area contributed by atoms with E-state index in [0.29, 0.717) is 0 Å². The molecule has 20 nitrogen and oxygen atoms in total. The summed E-state index contributed by atoms with van der Waals surface area (Å²) in [7, 11) is -10.8. The fourth-order valence-corrected chi connectivity index (χ4v) is 6.46. The monoisotopic (exact) mass is 601 g/mol. The second kappa shape index (κ2) is 10.5. The highest BCUT2D eigenvalue weighted by Gasteiger charge is 2.60. The Bertz CT molecular complexity index is 1370. The summed E-state index contributed by atoms with van der Waals surface area (Å²) >= 11 is 0. The van der Waals surface area contributed by atoms with Gasteiger partial charge in [0, 0.05) is 6.42 Å². The number of anilines is 1. The second-order valence-corrected chi connectivity index (χ2v) is 11.9. The van der Waals surface area contributed by atoms with Gasteiger partial charge in [0.2, 0.25) is 5.95 Å². The van der Waals surface area contributed by atoms with E-state index >= 15 is 0 Å². The summed E-state index contributed by atoms with van der Waals surface area (Å²) in [4.78, 5) is 42.1. The van der Waals surface area contributed by atoms with Crippen LogP contribution in [0.5, 0.6) is 0 Å². The first kappa shape index (κ1) is 28.7. The van der Waals surface area contributed by atoms with Crippen molar-refractivity contribution in [3.8, 4) is 0 Å². The summed E-state index contributed by atoms with van der Waals surface area (Å²) in [6, 6.07) is 0. The van der Waals surface area contributed by atoms with E-state index in [1.54, 1.807) is 0 Å². The van der Waals surface area contributed by atoms with Crippen molar-refractivity contribution in [1.82, 2.24) is 19.5 Å². The molecule has 22 heteroatoms. The lowest BCUT2D eigenvalue weighted by atomic mass is 10.0. The molecule has 5 heterocycles. The summed E-state index contributed by atoms with van der Waals surface area (Å²) < 4.78 is 55.6. The van der Waals surface area contributed by atoms with Crippen LogP contribution in [0.15, 0.2) is 11.1 Å². The third kappa shape index (κ3) is 5.95. The van der Waals surface area contributed by atoms with Crippen LogP contribution in [-0.4, -0.2) is 112 Å². The van der Waals surface area contributed by atoms with E-state index in [0.717, 1.165) is 0 Å². The molecule has 0 radical (unpaired) electrons. The van der Waals surface area contributed by atoms with Gasteiger partial charge in [-0.05, 0) is 0 Å². The molecule has 3 saturated heterocycles. The number of H-pyrrole nitrogens is 1. The molecule has 0 saturated carbocycles. The van der Waals surface area contributed by atoms with Crippen molar-refractivity contribution in [3.63, 3.8) is 0 Å². The highest BCUT2D eigenvalue weighted by atomic mass is 31.3. The number of nitrogens with zero attached hydrogens (tertiary/aromatic N) is 3. The minimum atomic E-state index is -5.45. The first-order valence-corrected chi connectivity index (χ1v) is 14.3. The van der Waals surface area contributed by atoms with Gasteiger partial charge in [0.1, 0.15) is 42.9 Å². The molecule has 3 aliphatic heterocycles. The molecule has 2 aromatic heterocycles. The van der Waals surface area contributed by atoms with Crippen LogP contribution < -0.4 is 11.3 Å². The Hall–Kier alpha value is -1.87. The average Bonchev–Trinajstić information content (AvgIpc) is 3.40. The lowest BCUT2D eigenvalue weighted by Gasteiger charge is -2.33. The number of nitrogens with one attached hydrogen (secondary N) is 1. The Morgan fingerprint density at radius 1 is 1.21 bits per heavy atom. The van der Waals surface area contributed by atoms with Gasteiger partial charge in [0.15, 0.2) is 17.5 Å². The van der Waals surface area contributed by atoms with Crippen LogP contribution >= 0.6 is 15.6 Å². The fraction of sp³-hybridized carbons (Fsp3) is 0.706. The number of ether oxygens (including phenoxy) is 3. The minimum absolute atomic E-state index is 0.0398. The van der Waals surface area contributed by atoms with E-state index < -0.39 is 89.7 Å². The predicted molar refractivity (Wildman–Crippen MR) is 121 cm³/mol. The van der Waals surface area contributed by atoms with Gasteiger partial charge >= 0.3 is 15.6 Å². The summed E-state index contributed by atoms with van der Waals surface area (Å²) in [6.45, 7) is -1.54. The maximum Gasteiger partial charge on any atom is 0.483 e. The molecule has 2 aromatic rings. The van der Waals surface area contributed by atoms with Crippen LogP contribution in [0, 0.1) is 0 Å². The van der Waals surface area contributed by atoms with Gasteiger partial charge in [-0.1, -0.05) is 0 Å². The van der Waals surface area contributed by atoms with Gasteiger partial charge in [-0.2, -0.15) is 9.29 Å². The molecule has 9 N–H and O–H groups in total. The third-order valence-electron chi connectivity index (χ3n) is 6.17. The summed E-state index contributed by atoms with van der Waals surface area (Å²) in [5.74, 6) is -0.183. The first-order valence-electron chi connectivity index (χ1n) is 11.3. The number of aliphatic hydroxyl groups is 4. The van der Waals surface area contributed by atoms with Gasteiger partial charge in [0.25, 0.3) is 5.56 Å². The molecular formula is C17H25N5O15P2. The number of phosphoric ester groups is 2. The summed E-state index contributed by atoms with van der Waals surface area (Å²) in [6.07, 6.45) is -10.3. The van der Waals surface area contributed by atoms with Crippen molar-refractivity contribution in [3.05, 3.63) is 16.7 Å². The number of aromatic amines is 1. The summed E-state index contributed by atoms with van der Waals surface area (Å²) in [5, 5.41) is 39.4. The summed E-state index contributed by atoms with van der Waals surface area (Å²) in [5.41, 5.74) is 4.99. The minimum Gasteiger partial charge on any atom is -0.394 e. The molecule has 0 amide bonds. The van der Waals surface area contributed by atoms with Gasteiger partial charge in [-0.3, -0.25) is 23.4 Å². The molecule has 39 heavy (non-hydrogen) atoms. The quantitative estimate of drug-likeness (QED) is 0.0982. The molecule has 3 aliphatic rings. The van der Waals surface area contributed by atoms with Crippen LogP contribution in [0.2, 0.25) is 0 Å². The topological polar surface area (TPSA) is 304 Å². The standard InChI is InChI=1S/C17H25N5O15P2/c18-17-20-14-9(15(27)21-17)19-4-22(14)8-1-5(24)7(33-8)3-32-38(28,29)37-39(30,31)36-16-10(26)12-13(34-12)11(35-16)6(25)2-23/h4-8,10-13,16,23-26H,1-3H2,(H,28,29)(H,30,31)(H3,18,20,21,27)/t5-,6-,7+,8?,10?,11?,12?,13?,16?/m0/s1. The number of aromatic nitrogens is 4. The maximum atomic E-state index is 12.4. The van der Waals surface area contributed by atoms with E-state index in [1.165, 1.54) is 10.9 Å². The normalized spacial score (nSPS) is 36.3. The number of aliphatic hydroxyl groups excluding tert-OH is 4. The van der Waals surface area contributed by atoms with Gasteiger partial charge in [-0.15, -0.1) is 0 Å². The number of hydrogen-bond donors (Lipinski definition) is 8. The molecule has 8 unspecified atom stereocenters. The van der Waals surface area contributed by atoms with Gasteiger partial charge in [0.05, 0.1) is 25.6 Å². The van der Waals surface area contributed by atoms with E-state index in [-0.39, 0.29) is 23.5 Å². The molecule has 0 aromatic carbocycles. The van der Waals surface area contributed by atoms with Crippen LogP contribution in [0.4, 0.5) is 5.95 Å². The van der Waals surface area contributed by atoms with E-state index in [4.69, 9.17) is 29.6 Å². The average molecular weight is 601 g/mol. The van der Waals surface area contributed by atoms with Crippen molar-refractivity contribution in [2.45, 2.75) is 61.7 Å². The highest BCUT2D eigenvalue weighted by Crippen LogP contribution is 2.62. The molecule has 0 spiro atoms. The number of nitrogens with two attached hydrogens (primary N) is 1. The van der Waals surface area contributed by atoms with Crippen molar-refractivity contribution < 1.29 is 66.9 Å². The largest absolute Gasteiger partial charge is 0.483 e. The van der Waals surface area contributed by atoms with E-state index in [1.807, 2.05) is 0 Å². The Balaban J connectivity index is 1.18. The SMILES string of the molecule is Nc1nc2c(ncn2C2C[C@H](O)[C@@H](COP(=O)(O)OP(=O)(O)OC3OC([C@@H](O)CO)C4OC4C3O)O2)c(=O)[nH]1. The molecule has 0 aliphatic carbocycles. The first-order chi connectivity index (χ1) is 18.3. The van der Waals surface area contributed by atoms with Crippen molar-refractivity contribution >= 4 is 32.8 Å². The van der Waals surface area contributed by atoms with Crippen molar-refractivity contribution in [2.75, 3.05) is 18.9 Å². The van der Waals surface area contributed by atoms with Gasteiger partial charge in [-0.25, -0.2) is 14.1 Å². The zero-order valence-electron chi connectivity index (χ0n) is 19.6. The lowest BCUT2D eigenvalue weighted by molar-refractivity contribution is -0.217. The Labute approximate surface area is 217 Å². The zero-order valence-corrected chi connectivity index (χ0v) is 21.4. The molecule has 3 fully saturated rings. The van der Waals surface area contributed by atoms with Crippen LogP contribution in [0.1, 0.15) is 12.6 Å². The zero-order chi connectivity index (χ0) is 28.3. The molecule has 218 valence electrons. The Morgan fingerprint density at radius 3 is 2.67 bits per heavy atom. The van der Waals surface area contributed by atoms with Gasteiger partial charge < -0.3 is 50.2 Å². The lowest BCUT2D eigenvalue weighted by Crippen LogP contribution is -2.51. The predicted octanol–water partition coefficient (Wildman–Crippen LogP) is -3.19. The highest BCUT2D eigenvalue weighted by molar-refractivity contribution is 7.61. The smallest absolute Gasteiger partial charge is 0.394 e. The van der Waals surface area contributed by atoms with Crippen LogP contribution in [-0.2, 0) is 36.7 Å². The number of epoxide rings is 1. The van der Waals surface area contributed by atoms with Crippen LogP contribution in [0.3, 0.4) is 0 Å². The maximum absolute atomic E-state index is 12.4. The van der Waals surface area contributed by atoms with Crippen molar-refractivity contribution in [2.24, 2.45) is 0 Å². The molecule has 5 rings (SSSR count). The number of rotatable bonds is 10. The Morgan fingerprint density at radius 2 is 1.95 bits per heavy atom. The molecular weight excluding hydrogens is 576 g/mol. The second-order valence-electron chi connectivity index (χ2n) is 8.90.